The Morgan fingerprint density at radius 2 is 2.15 bits per heavy atom. The fourth-order valence-electron chi connectivity index (χ4n) is 2.81. The fourth-order valence-corrected chi connectivity index (χ4v) is 4.72. The van der Waals surface area contributed by atoms with Crippen molar-refractivity contribution in [1.82, 2.24) is 14.8 Å². The molecule has 0 spiro atoms. The summed E-state index contributed by atoms with van der Waals surface area (Å²) < 4.78 is 2.25. The van der Waals surface area contributed by atoms with Crippen LogP contribution in [-0.4, -0.2) is 20.5 Å². The third-order valence-corrected chi connectivity index (χ3v) is 6.01. The summed E-state index contributed by atoms with van der Waals surface area (Å²) in [6.07, 6.45) is 7.03. The Balaban J connectivity index is 1.70. The van der Waals surface area contributed by atoms with Crippen LogP contribution in [0, 0.1) is 5.92 Å². The maximum absolute atomic E-state index is 4.41. The summed E-state index contributed by atoms with van der Waals surface area (Å²) in [5.41, 5.74) is 0. The van der Waals surface area contributed by atoms with Gasteiger partial charge in [-0.3, -0.25) is 0 Å². The van der Waals surface area contributed by atoms with Gasteiger partial charge in [0.1, 0.15) is 0 Å². The maximum atomic E-state index is 4.41. The lowest BCUT2D eigenvalue weighted by Crippen LogP contribution is -2.09. The molecule has 3 nitrogen and oxygen atoms in total. The fraction of sp³-hybridized carbons (Fsp3) is 0.600. The molecule has 0 amide bonds. The number of hydrogen-bond donors (Lipinski definition) is 0. The van der Waals surface area contributed by atoms with Gasteiger partial charge in [0.25, 0.3) is 0 Å². The van der Waals surface area contributed by atoms with Gasteiger partial charge in [-0.2, -0.15) is 0 Å². The van der Waals surface area contributed by atoms with Crippen molar-refractivity contribution in [3.8, 4) is 10.7 Å². The van der Waals surface area contributed by atoms with Gasteiger partial charge in [0.2, 0.25) is 0 Å². The Morgan fingerprint density at radius 1 is 1.30 bits per heavy atom. The van der Waals surface area contributed by atoms with Crippen LogP contribution in [0.1, 0.15) is 39.0 Å². The minimum absolute atomic E-state index is 0.876. The van der Waals surface area contributed by atoms with E-state index in [0.29, 0.717) is 0 Å². The normalized spacial score (nSPS) is 16.6. The number of rotatable bonds is 5. The largest absolute Gasteiger partial charge is 0.302 e. The third kappa shape index (κ3) is 3.09. The first-order valence-electron chi connectivity index (χ1n) is 7.48. The van der Waals surface area contributed by atoms with Crippen LogP contribution in [0.5, 0.6) is 0 Å². The molecule has 0 N–H and O–H groups in total. The van der Waals surface area contributed by atoms with Crippen LogP contribution >= 0.6 is 23.1 Å². The number of thiophene rings is 1. The van der Waals surface area contributed by atoms with Crippen molar-refractivity contribution in [2.24, 2.45) is 5.92 Å². The smallest absolute Gasteiger partial charge is 0.191 e. The molecule has 0 radical (unpaired) electrons. The Bertz CT molecular complexity index is 527. The van der Waals surface area contributed by atoms with Gasteiger partial charge in [-0.15, -0.1) is 21.5 Å². The van der Waals surface area contributed by atoms with Crippen LogP contribution in [0.3, 0.4) is 0 Å². The summed E-state index contributed by atoms with van der Waals surface area (Å²) in [5, 5.41) is 12.0. The van der Waals surface area contributed by atoms with Gasteiger partial charge in [-0.05, 0) is 37.1 Å². The van der Waals surface area contributed by atoms with Crippen molar-refractivity contribution in [1.29, 1.82) is 0 Å². The Hall–Kier alpha value is -0.810. The first-order chi connectivity index (χ1) is 9.88. The van der Waals surface area contributed by atoms with Gasteiger partial charge in [-0.1, -0.05) is 37.1 Å². The Labute approximate surface area is 128 Å². The van der Waals surface area contributed by atoms with Crippen LogP contribution in [0.2, 0.25) is 0 Å². The summed E-state index contributed by atoms with van der Waals surface area (Å²) in [4.78, 5) is 1.21. The van der Waals surface area contributed by atoms with E-state index in [0.717, 1.165) is 23.4 Å². The molecular formula is C15H21N3S2. The van der Waals surface area contributed by atoms with Crippen LogP contribution < -0.4 is 0 Å². The lowest BCUT2D eigenvalue weighted by molar-refractivity contribution is 0.390. The highest BCUT2D eigenvalue weighted by Gasteiger charge is 2.17. The summed E-state index contributed by atoms with van der Waals surface area (Å²) in [6, 6.07) is 4.19. The van der Waals surface area contributed by atoms with Gasteiger partial charge >= 0.3 is 0 Å². The van der Waals surface area contributed by atoms with Crippen molar-refractivity contribution in [2.45, 2.75) is 50.7 Å². The Morgan fingerprint density at radius 3 is 2.85 bits per heavy atom. The molecule has 1 fully saturated rings. The van der Waals surface area contributed by atoms with Gasteiger partial charge in [0, 0.05) is 12.3 Å². The minimum Gasteiger partial charge on any atom is -0.302 e. The molecule has 1 aliphatic rings. The van der Waals surface area contributed by atoms with E-state index in [2.05, 4.69) is 39.2 Å². The highest BCUT2D eigenvalue weighted by Crippen LogP contribution is 2.31. The molecule has 0 saturated heterocycles. The van der Waals surface area contributed by atoms with Gasteiger partial charge in [0.15, 0.2) is 11.0 Å². The number of aromatic nitrogens is 3. The van der Waals surface area contributed by atoms with Crippen LogP contribution in [0.25, 0.3) is 10.7 Å². The molecule has 108 valence electrons. The SMILES string of the molecule is CCn1c(SCC2CCCCC2)nnc1-c1cccs1. The predicted octanol–water partition coefficient (Wildman–Crippen LogP) is 4.70. The number of hydrogen-bond acceptors (Lipinski definition) is 4. The molecule has 0 atom stereocenters. The second-order valence-electron chi connectivity index (χ2n) is 5.34. The molecule has 0 bridgehead atoms. The van der Waals surface area contributed by atoms with Crippen molar-refractivity contribution in [3.05, 3.63) is 17.5 Å². The topological polar surface area (TPSA) is 30.7 Å². The molecule has 0 aliphatic heterocycles. The molecule has 2 heterocycles. The van der Waals surface area contributed by atoms with E-state index >= 15 is 0 Å². The average molecular weight is 307 g/mol. The van der Waals surface area contributed by atoms with E-state index < -0.39 is 0 Å². The molecule has 2 aromatic rings. The lowest BCUT2D eigenvalue weighted by Gasteiger charge is -2.20. The highest BCUT2D eigenvalue weighted by atomic mass is 32.2. The highest BCUT2D eigenvalue weighted by molar-refractivity contribution is 7.99. The van der Waals surface area contributed by atoms with Gasteiger partial charge in [0.05, 0.1) is 4.88 Å². The zero-order chi connectivity index (χ0) is 13.8. The third-order valence-electron chi connectivity index (χ3n) is 3.95. The summed E-state index contributed by atoms with van der Waals surface area (Å²) in [6.45, 7) is 3.11. The summed E-state index contributed by atoms with van der Waals surface area (Å²) >= 11 is 3.62. The second-order valence-corrected chi connectivity index (χ2v) is 7.28. The van der Waals surface area contributed by atoms with E-state index in [9.17, 15) is 0 Å². The van der Waals surface area contributed by atoms with Crippen molar-refractivity contribution in [2.75, 3.05) is 5.75 Å². The summed E-state index contributed by atoms with van der Waals surface area (Å²) in [7, 11) is 0. The molecule has 1 aliphatic carbocycles. The second kappa shape index (κ2) is 6.76. The first-order valence-corrected chi connectivity index (χ1v) is 9.35. The molecule has 1 saturated carbocycles. The van der Waals surface area contributed by atoms with Crippen LogP contribution in [-0.2, 0) is 6.54 Å². The molecule has 5 heteroatoms. The standard InChI is InChI=1S/C15H21N3S2/c1-2-18-14(13-9-6-10-19-13)16-17-15(18)20-11-12-7-4-3-5-8-12/h6,9-10,12H,2-5,7-8,11H2,1H3. The predicted molar refractivity (Wildman–Crippen MR) is 86.3 cm³/mol. The zero-order valence-corrected chi connectivity index (χ0v) is 13.6. The van der Waals surface area contributed by atoms with Crippen LogP contribution in [0.15, 0.2) is 22.7 Å². The van der Waals surface area contributed by atoms with E-state index in [4.69, 9.17) is 0 Å². The van der Waals surface area contributed by atoms with E-state index in [-0.39, 0.29) is 0 Å². The molecule has 20 heavy (non-hydrogen) atoms. The van der Waals surface area contributed by atoms with Crippen molar-refractivity contribution < 1.29 is 0 Å². The van der Waals surface area contributed by atoms with Crippen molar-refractivity contribution >= 4 is 23.1 Å². The van der Waals surface area contributed by atoms with Crippen molar-refractivity contribution in [3.63, 3.8) is 0 Å². The summed E-state index contributed by atoms with van der Waals surface area (Å²) in [5.74, 6) is 3.09. The minimum atomic E-state index is 0.876. The van der Waals surface area contributed by atoms with E-state index in [1.54, 1.807) is 11.3 Å². The Kier molecular flexibility index (Phi) is 4.78. The molecule has 0 unspecified atom stereocenters. The van der Waals surface area contributed by atoms with Crippen LogP contribution in [0.4, 0.5) is 0 Å². The monoisotopic (exact) mass is 307 g/mol. The van der Waals surface area contributed by atoms with E-state index in [1.807, 2.05) is 11.8 Å². The molecule has 2 aromatic heterocycles. The average Bonchev–Trinajstić information content (AvgIpc) is 3.14. The maximum Gasteiger partial charge on any atom is 0.191 e. The number of thioether (sulfide) groups is 1. The first kappa shape index (κ1) is 14.1. The molecule has 0 aromatic carbocycles. The zero-order valence-electron chi connectivity index (χ0n) is 11.9. The lowest BCUT2D eigenvalue weighted by atomic mass is 9.91. The van der Waals surface area contributed by atoms with Gasteiger partial charge in [-0.25, -0.2) is 0 Å². The van der Waals surface area contributed by atoms with Gasteiger partial charge < -0.3 is 4.57 Å². The molecular weight excluding hydrogens is 286 g/mol. The quantitative estimate of drug-likeness (QED) is 0.750. The van der Waals surface area contributed by atoms with E-state index in [1.165, 1.54) is 42.7 Å². The number of nitrogens with zero attached hydrogens (tertiary/aromatic N) is 3. The molecule has 3 rings (SSSR count).